The fourth-order valence-corrected chi connectivity index (χ4v) is 3.28. The standard InChI is InChI=1S/C25H28F4N2O6/c26-24(27)36-14-19(30)22(33)31-20(15-37-25(28)29)21(32)12-18(11-16-7-3-1-4-8-16)23(34)35-13-17-9-5-2-6-10-17/h1-10,18-20,24-25H,11-15,30H2,(H,31,33)/t18-,19+,20+/m1/s1. The predicted molar refractivity (Wildman–Crippen MR) is 123 cm³/mol. The number of carbonyl (C=O) groups is 3. The number of halogens is 4. The van der Waals surface area contributed by atoms with Crippen molar-refractivity contribution in [1.82, 2.24) is 5.32 Å². The lowest BCUT2D eigenvalue weighted by Gasteiger charge is -2.22. The third-order valence-corrected chi connectivity index (χ3v) is 5.16. The first-order valence-corrected chi connectivity index (χ1v) is 11.3. The van der Waals surface area contributed by atoms with Gasteiger partial charge in [0.15, 0.2) is 5.78 Å². The molecule has 0 aromatic heterocycles. The van der Waals surface area contributed by atoms with E-state index in [0.717, 1.165) is 5.56 Å². The van der Waals surface area contributed by atoms with E-state index < -0.39 is 68.5 Å². The van der Waals surface area contributed by atoms with Crippen molar-refractivity contribution >= 4 is 17.7 Å². The first-order valence-electron chi connectivity index (χ1n) is 11.3. The molecule has 0 saturated carbocycles. The summed E-state index contributed by atoms with van der Waals surface area (Å²) in [7, 11) is 0. The van der Waals surface area contributed by atoms with Crippen LogP contribution in [0.5, 0.6) is 0 Å². The van der Waals surface area contributed by atoms with Crippen LogP contribution in [-0.2, 0) is 41.6 Å². The Hall–Kier alpha value is -3.35. The summed E-state index contributed by atoms with van der Waals surface area (Å²) in [6.45, 7) is -8.28. The molecule has 0 bridgehead atoms. The monoisotopic (exact) mass is 528 g/mol. The lowest BCUT2D eigenvalue weighted by molar-refractivity contribution is -0.154. The van der Waals surface area contributed by atoms with Crippen LogP contribution < -0.4 is 11.1 Å². The van der Waals surface area contributed by atoms with Gasteiger partial charge < -0.3 is 25.3 Å². The molecule has 12 heteroatoms. The SMILES string of the molecule is N[C@@H](COC(F)F)C(=O)N[C@@H](COC(F)F)C(=O)C[C@@H](Cc1ccccc1)C(=O)OCc1ccccc1. The fraction of sp³-hybridized carbons (Fsp3) is 0.400. The predicted octanol–water partition coefficient (Wildman–Crippen LogP) is 2.84. The first kappa shape index (κ1) is 29.9. The highest BCUT2D eigenvalue weighted by Crippen LogP contribution is 2.18. The number of amides is 1. The third kappa shape index (κ3) is 11.5. The van der Waals surface area contributed by atoms with E-state index in [-0.39, 0.29) is 13.0 Å². The lowest BCUT2D eigenvalue weighted by atomic mass is 9.92. The van der Waals surface area contributed by atoms with Gasteiger partial charge in [-0.05, 0) is 17.5 Å². The molecular weight excluding hydrogens is 500 g/mol. The van der Waals surface area contributed by atoms with Gasteiger partial charge in [0.2, 0.25) is 5.91 Å². The molecule has 0 saturated heterocycles. The van der Waals surface area contributed by atoms with Crippen LogP contribution in [0.1, 0.15) is 17.5 Å². The molecule has 2 aromatic carbocycles. The molecule has 3 N–H and O–H groups in total. The number of nitrogens with one attached hydrogen (secondary N) is 1. The largest absolute Gasteiger partial charge is 0.461 e. The molecule has 2 aromatic rings. The van der Waals surface area contributed by atoms with Gasteiger partial charge in [-0.3, -0.25) is 14.4 Å². The highest BCUT2D eigenvalue weighted by molar-refractivity contribution is 5.93. The zero-order valence-electron chi connectivity index (χ0n) is 19.7. The van der Waals surface area contributed by atoms with E-state index in [0.29, 0.717) is 5.56 Å². The Morgan fingerprint density at radius 3 is 1.92 bits per heavy atom. The van der Waals surface area contributed by atoms with E-state index in [1.807, 2.05) is 0 Å². The van der Waals surface area contributed by atoms with Crippen LogP contribution in [0.4, 0.5) is 17.6 Å². The van der Waals surface area contributed by atoms with Crippen LogP contribution in [0.15, 0.2) is 60.7 Å². The number of hydrogen-bond acceptors (Lipinski definition) is 7. The molecule has 8 nitrogen and oxygen atoms in total. The molecule has 0 unspecified atom stereocenters. The highest BCUT2D eigenvalue weighted by atomic mass is 19.3. The number of ether oxygens (including phenoxy) is 3. The number of rotatable bonds is 16. The average molecular weight is 528 g/mol. The summed E-state index contributed by atoms with van der Waals surface area (Å²) in [5, 5.41) is 2.11. The molecule has 0 fully saturated rings. The third-order valence-electron chi connectivity index (χ3n) is 5.16. The number of ketones is 1. The van der Waals surface area contributed by atoms with Crippen molar-refractivity contribution in [3.63, 3.8) is 0 Å². The van der Waals surface area contributed by atoms with Crippen LogP contribution in [-0.4, -0.2) is 56.2 Å². The van der Waals surface area contributed by atoms with Crippen molar-refractivity contribution in [2.75, 3.05) is 13.2 Å². The Morgan fingerprint density at radius 1 is 0.811 bits per heavy atom. The Kier molecular flexibility index (Phi) is 12.7. The van der Waals surface area contributed by atoms with Crippen LogP contribution in [0, 0.1) is 5.92 Å². The molecule has 1 amide bonds. The number of benzene rings is 2. The summed E-state index contributed by atoms with van der Waals surface area (Å²) in [6, 6.07) is 14.3. The minimum atomic E-state index is -3.25. The summed E-state index contributed by atoms with van der Waals surface area (Å²) in [4.78, 5) is 38.2. The van der Waals surface area contributed by atoms with Gasteiger partial charge in [-0.25, -0.2) is 0 Å². The average Bonchev–Trinajstić information content (AvgIpc) is 2.88. The summed E-state index contributed by atoms with van der Waals surface area (Å²) < 4.78 is 63.3. The maximum absolute atomic E-state index is 13.0. The van der Waals surface area contributed by atoms with E-state index in [1.54, 1.807) is 60.7 Å². The topological polar surface area (TPSA) is 117 Å². The second-order valence-corrected chi connectivity index (χ2v) is 8.01. The van der Waals surface area contributed by atoms with Crippen molar-refractivity contribution in [1.29, 1.82) is 0 Å². The van der Waals surface area contributed by atoms with Crippen LogP contribution in [0.3, 0.4) is 0 Å². The van der Waals surface area contributed by atoms with E-state index in [1.165, 1.54) is 0 Å². The van der Waals surface area contributed by atoms with Gasteiger partial charge >= 0.3 is 19.2 Å². The van der Waals surface area contributed by atoms with Crippen molar-refractivity contribution in [3.05, 3.63) is 71.8 Å². The molecule has 2 rings (SSSR count). The molecule has 0 radical (unpaired) electrons. The lowest BCUT2D eigenvalue weighted by Crippen LogP contribution is -2.52. The number of carbonyl (C=O) groups excluding carboxylic acids is 3. The number of nitrogens with two attached hydrogens (primary N) is 1. The number of hydrogen-bond donors (Lipinski definition) is 2. The minimum absolute atomic E-state index is 0.0488. The molecule has 37 heavy (non-hydrogen) atoms. The number of esters is 1. The van der Waals surface area contributed by atoms with Gasteiger partial charge in [-0.2, -0.15) is 17.6 Å². The van der Waals surface area contributed by atoms with Crippen molar-refractivity contribution in [2.24, 2.45) is 11.7 Å². The van der Waals surface area contributed by atoms with Gasteiger partial charge in [-0.1, -0.05) is 60.7 Å². The Balaban J connectivity index is 2.13. The van der Waals surface area contributed by atoms with Crippen molar-refractivity contribution < 1.29 is 46.2 Å². The minimum Gasteiger partial charge on any atom is -0.461 e. The molecule has 202 valence electrons. The van der Waals surface area contributed by atoms with E-state index in [4.69, 9.17) is 10.5 Å². The van der Waals surface area contributed by atoms with Gasteiger partial charge in [0.05, 0.1) is 19.1 Å². The molecule has 0 aliphatic heterocycles. The van der Waals surface area contributed by atoms with Crippen molar-refractivity contribution in [3.8, 4) is 0 Å². The van der Waals surface area contributed by atoms with Gasteiger partial charge in [0, 0.05) is 6.42 Å². The van der Waals surface area contributed by atoms with Crippen LogP contribution in [0.2, 0.25) is 0 Å². The van der Waals surface area contributed by atoms with Gasteiger partial charge in [0.25, 0.3) is 0 Å². The number of alkyl halides is 4. The smallest absolute Gasteiger partial charge is 0.345 e. The molecule has 0 heterocycles. The summed E-state index contributed by atoms with van der Waals surface area (Å²) in [5.41, 5.74) is 6.91. The van der Waals surface area contributed by atoms with Crippen LogP contribution >= 0.6 is 0 Å². The summed E-state index contributed by atoms with van der Waals surface area (Å²) in [5.74, 6) is -3.62. The van der Waals surface area contributed by atoms with Gasteiger partial charge in [-0.15, -0.1) is 0 Å². The quantitative estimate of drug-likeness (QED) is 0.254. The molecule has 0 aliphatic rings. The first-order chi connectivity index (χ1) is 17.7. The second kappa shape index (κ2) is 15.7. The number of Topliss-reactive ketones (excluding diaryl/α,β-unsaturated/α-hetero) is 1. The molecular formula is C25H28F4N2O6. The summed E-state index contributed by atoms with van der Waals surface area (Å²) in [6.07, 6.45) is -0.388. The molecule has 0 spiro atoms. The van der Waals surface area contributed by atoms with Gasteiger partial charge in [0.1, 0.15) is 18.7 Å². The Bertz CT molecular complexity index is 982. The van der Waals surface area contributed by atoms with Crippen LogP contribution in [0.25, 0.3) is 0 Å². The zero-order chi connectivity index (χ0) is 27.2. The second-order valence-electron chi connectivity index (χ2n) is 8.01. The zero-order valence-corrected chi connectivity index (χ0v) is 19.7. The van der Waals surface area contributed by atoms with E-state index in [2.05, 4.69) is 14.8 Å². The molecule has 0 aliphatic carbocycles. The highest BCUT2D eigenvalue weighted by Gasteiger charge is 2.31. The maximum Gasteiger partial charge on any atom is 0.345 e. The Labute approximate surface area is 211 Å². The normalized spacial score (nSPS) is 13.7. The van der Waals surface area contributed by atoms with E-state index in [9.17, 15) is 31.9 Å². The van der Waals surface area contributed by atoms with Crippen molar-refractivity contribution in [2.45, 2.75) is 44.8 Å². The summed E-state index contributed by atoms with van der Waals surface area (Å²) >= 11 is 0. The maximum atomic E-state index is 13.0. The Morgan fingerprint density at radius 2 is 1.35 bits per heavy atom. The molecule has 3 atom stereocenters. The fourth-order valence-electron chi connectivity index (χ4n) is 3.28. The van der Waals surface area contributed by atoms with E-state index >= 15 is 0 Å².